The zero-order chi connectivity index (χ0) is 22.0. The molecule has 11 heteroatoms. The number of carbonyl (C=O) groups excluding carboxylic acids is 3. The largest absolute Gasteiger partial charge is 0.466 e. The highest BCUT2D eigenvalue weighted by Crippen LogP contribution is 2.37. The van der Waals surface area contributed by atoms with Crippen LogP contribution in [0.1, 0.15) is 10.4 Å². The zero-order valence-electron chi connectivity index (χ0n) is 15.0. The number of nitrogens with zero attached hydrogens (tertiary/aromatic N) is 2. The average molecular weight is 504 g/mol. The third-order valence-electron chi connectivity index (χ3n) is 3.78. The molecule has 6 nitrogen and oxygen atoms in total. The van der Waals surface area contributed by atoms with Crippen LogP contribution in [0.25, 0.3) is 0 Å². The Labute approximate surface area is 195 Å². The maximum absolute atomic E-state index is 12.9. The molecule has 2 aromatic rings. The molecule has 0 aromatic heterocycles. The minimum absolute atomic E-state index is 0.00422. The molecule has 0 radical (unpaired) electrons. The van der Waals surface area contributed by atoms with Crippen LogP contribution in [-0.4, -0.2) is 30.1 Å². The first-order valence-electron chi connectivity index (χ1n) is 8.06. The molecule has 1 aliphatic heterocycles. The van der Waals surface area contributed by atoms with E-state index in [2.05, 4.69) is 9.73 Å². The van der Waals surface area contributed by atoms with Crippen molar-refractivity contribution in [3.05, 3.63) is 73.0 Å². The summed E-state index contributed by atoms with van der Waals surface area (Å²) in [6, 6.07) is 8.79. The van der Waals surface area contributed by atoms with Crippen LogP contribution in [0.2, 0.25) is 20.1 Å². The molecule has 2 aromatic carbocycles. The normalized spacial score (nSPS) is 16.4. The minimum atomic E-state index is -0.728. The smallest absolute Gasteiger partial charge is 0.331 e. The summed E-state index contributed by atoms with van der Waals surface area (Å²) in [7, 11) is 1.18. The number of aliphatic imine (C=N–C) groups is 1. The lowest BCUT2D eigenvalue weighted by molar-refractivity contribution is -0.135. The number of carbonyl (C=O) groups is 3. The number of anilines is 1. The van der Waals surface area contributed by atoms with Crippen molar-refractivity contribution in [2.24, 2.45) is 4.99 Å². The van der Waals surface area contributed by atoms with Crippen LogP contribution in [0.5, 0.6) is 0 Å². The molecule has 0 spiro atoms. The molecule has 0 unspecified atom stereocenters. The summed E-state index contributed by atoms with van der Waals surface area (Å²) < 4.78 is 4.57. The fraction of sp³-hybridized carbons (Fsp3) is 0.0526. The molecule has 0 aliphatic carbocycles. The number of methoxy groups -OCH3 is 1. The molecule has 30 heavy (non-hydrogen) atoms. The van der Waals surface area contributed by atoms with Crippen LogP contribution >= 0.6 is 58.2 Å². The molecule has 3 rings (SSSR count). The van der Waals surface area contributed by atoms with Gasteiger partial charge in [0.15, 0.2) is 5.17 Å². The van der Waals surface area contributed by atoms with E-state index < -0.39 is 17.8 Å². The minimum Gasteiger partial charge on any atom is -0.466 e. The van der Waals surface area contributed by atoms with Gasteiger partial charge in [-0.2, -0.15) is 4.99 Å². The standard InChI is InChI=1S/C19H10Cl4N2O4S/c1-29-16(26)8-15-18(28)25(10-3-5-12(21)14(23)7-10)19(30-15)24-17(27)11-4-2-9(20)6-13(11)22/h2-8H,1H3. The number of halogens is 4. The van der Waals surface area contributed by atoms with Gasteiger partial charge in [0, 0.05) is 11.1 Å². The second-order valence-electron chi connectivity index (χ2n) is 5.70. The fourth-order valence-electron chi connectivity index (χ4n) is 2.38. The van der Waals surface area contributed by atoms with Gasteiger partial charge in [-0.05, 0) is 48.2 Å². The third-order valence-corrected chi connectivity index (χ3v) is 6.03. The number of amides is 2. The van der Waals surface area contributed by atoms with Gasteiger partial charge in [-0.3, -0.25) is 14.5 Å². The first kappa shape index (κ1) is 22.7. The third kappa shape index (κ3) is 4.82. The van der Waals surface area contributed by atoms with Gasteiger partial charge in [0.2, 0.25) is 0 Å². The monoisotopic (exact) mass is 502 g/mol. The van der Waals surface area contributed by atoms with Crippen LogP contribution in [0.4, 0.5) is 5.69 Å². The molecule has 1 heterocycles. The quantitative estimate of drug-likeness (QED) is 0.400. The number of hydrogen-bond acceptors (Lipinski definition) is 5. The van der Waals surface area contributed by atoms with E-state index in [0.717, 1.165) is 22.7 Å². The Hall–Kier alpha value is -2.03. The molecule has 0 saturated carbocycles. The molecule has 0 bridgehead atoms. The zero-order valence-corrected chi connectivity index (χ0v) is 18.8. The lowest BCUT2D eigenvalue weighted by atomic mass is 10.2. The molecule has 154 valence electrons. The van der Waals surface area contributed by atoms with Crippen molar-refractivity contribution in [2.75, 3.05) is 12.0 Å². The van der Waals surface area contributed by atoms with E-state index in [0.29, 0.717) is 10.7 Å². The highest BCUT2D eigenvalue weighted by atomic mass is 35.5. The summed E-state index contributed by atoms with van der Waals surface area (Å²) in [6.45, 7) is 0. The molecule has 2 amide bonds. The van der Waals surface area contributed by atoms with Gasteiger partial charge in [0.05, 0.1) is 38.3 Å². The summed E-state index contributed by atoms with van der Waals surface area (Å²) in [6.07, 6.45) is 1.01. The molecular formula is C19H10Cl4N2O4S. The van der Waals surface area contributed by atoms with Gasteiger partial charge in [0.1, 0.15) is 0 Å². The van der Waals surface area contributed by atoms with Crippen molar-refractivity contribution in [3.63, 3.8) is 0 Å². The molecule has 1 aliphatic rings. The number of hydrogen-bond donors (Lipinski definition) is 0. The second kappa shape index (κ2) is 9.41. The summed E-state index contributed by atoms with van der Waals surface area (Å²) in [4.78, 5) is 42.4. The lowest BCUT2D eigenvalue weighted by Crippen LogP contribution is -2.29. The number of thioether (sulfide) groups is 1. The topological polar surface area (TPSA) is 76.0 Å². The summed E-state index contributed by atoms with van der Waals surface area (Å²) in [5, 5.41) is 0.953. The van der Waals surface area contributed by atoms with Crippen molar-refractivity contribution >= 4 is 86.8 Å². The van der Waals surface area contributed by atoms with Crippen molar-refractivity contribution in [1.82, 2.24) is 0 Å². The van der Waals surface area contributed by atoms with Gasteiger partial charge in [-0.25, -0.2) is 4.79 Å². The Bertz CT molecular complexity index is 1130. The van der Waals surface area contributed by atoms with Crippen LogP contribution in [0.3, 0.4) is 0 Å². The molecule has 0 atom stereocenters. The van der Waals surface area contributed by atoms with E-state index in [9.17, 15) is 14.4 Å². The van der Waals surface area contributed by atoms with Crippen molar-refractivity contribution < 1.29 is 19.1 Å². The Balaban J connectivity index is 2.08. The number of benzene rings is 2. The van der Waals surface area contributed by atoms with Gasteiger partial charge in [0.25, 0.3) is 11.8 Å². The summed E-state index contributed by atoms with van der Waals surface area (Å²) >= 11 is 24.8. The number of esters is 1. The van der Waals surface area contributed by atoms with Crippen LogP contribution in [0, 0.1) is 0 Å². The number of rotatable bonds is 3. The maximum Gasteiger partial charge on any atom is 0.331 e. The van der Waals surface area contributed by atoms with E-state index in [1.807, 2.05) is 0 Å². The van der Waals surface area contributed by atoms with Crippen LogP contribution in [0.15, 0.2) is 52.4 Å². The fourth-order valence-corrected chi connectivity index (χ4v) is 4.10. The van der Waals surface area contributed by atoms with Crippen molar-refractivity contribution in [2.45, 2.75) is 0 Å². The summed E-state index contributed by atoms with van der Waals surface area (Å²) in [5.74, 6) is -2.01. The Morgan fingerprint density at radius 2 is 1.77 bits per heavy atom. The van der Waals surface area contributed by atoms with Crippen molar-refractivity contribution in [1.29, 1.82) is 0 Å². The maximum atomic E-state index is 12.9. The van der Waals surface area contributed by atoms with E-state index >= 15 is 0 Å². The predicted octanol–water partition coefficient (Wildman–Crippen LogP) is 5.63. The average Bonchev–Trinajstić information content (AvgIpc) is 2.98. The van der Waals surface area contributed by atoms with Gasteiger partial charge in [-0.15, -0.1) is 0 Å². The molecule has 1 saturated heterocycles. The molecule has 1 fully saturated rings. The number of ether oxygens (including phenoxy) is 1. The Kier molecular flexibility index (Phi) is 7.10. The Morgan fingerprint density at radius 1 is 1.03 bits per heavy atom. The van der Waals surface area contributed by atoms with E-state index in [4.69, 9.17) is 46.4 Å². The SMILES string of the molecule is COC(=O)C=C1SC(=NC(=O)c2ccc(Cl)cc2Cl)N(c2ccc(Cl)c(Cl)c2)C1=O. The summed E-state index contributed by atoms with van der Waals surface area (Å²) in [5.41, 5.74) is 0.407. The first-order chi connectivity index (χ1) is 14.2. The molecular weight excluding hydrogens is 494 g/mol. The predicted molar refractivity (Wildman–Crippen MR) is 120 cm³/mol. The van der Waals surface area contributed by atoms with Gasteiger partial charge >= 0.3 is 5.97 Å². The van der Waals surface area contributed by atoms with E-state index in [1.54, 1.807) is 0 Å². The van der Waals surface area contributed by atoms with Crippen LogP contribution < -0.4 is 4.90 Å². The second-order valence-corrected chi connectivity index (χ2v) is 8.36. The van der Waals surface area contributed by atoms with Crippen molar-refractivity contribution in [3.8, 4) is 0 Å². The highest BCUT2D eigenvalue weighted by Gasteiger charge is 2.36. The molecule has 0 N–H and O–H groups in total. The number of amidine groups is 1. The lowest BCUT2D eigenvalue weighted by Gasteiger charge is -2.16. The van der Waals surface area contributed by atoms with E-state index in [1.165, 1.54) is 43.5 Å². The van der Waals surface area contributed by atoms with Crippen LogP contribution in [-0.2, 0) is 14.3 Å². The highest BCUT2D eigenvalue weighted by molar-refractivity contribution is 8.19. The van der Waals surface area contributed by atoms with Gasteiger partial charge < -0.3 is 4.74 Å². The first-order valence-corrected chi connectivity index (χ1v) is 10.4. The van der Waals surface area contributed by atoms with E-state index in [-0.39, 0.29) is 30.7 Å². The Morgan fingerprint density at radius 3 is 2.40 bits per heavy atom. The van der Waals surface area contributed by atoms with Gasteiger partial charge in [-0.1, -0.05) is 46.4 Å².